The number of nitrogens with zero attached hydrogens (tertiary/aromatic N) is 2. The van der Waals surface area contributed by atoms with Crippen LogP contribution in [0.2, 0.25) is 0 Å². The van der Waals surface area contributed by atoms with Gasteiger partial charge in [-0.15, -0.1) is 0 Å². The molecule has 0 spiro atoms. The van der Waals surface area contributed by atoms with Crippen LogP contribution in [0.3, 0.4) is 0 Å². The van der Waals surface area contributed by atoms with E-state index >= 15 is 0 Å². The number of aryl methyl sites for hydroxylation is 2. The predicted molar refractivity (Wildman–Crippen MR) is 271 cm³/mol. The molecule has 0 fully saturated rings. The second-order valence-electron chi connectivity index (χ2n) is 19.5. The predicted octanol–water partition coefficient (Wildman–Crippen LogP) is 17.2. The van der Waals surface area contributed by atoms with Gasteiger partial charge in [-0.3, -0.25) is 0 Å². The number of allylic oxidation sites excluding steroid dienone is 4. The van der Waals surface area contributed by atoms with Crippen LogP contribution < -0.4 is 9.80 Å². The Morgan fingerprint density at radius 1 is 0.508 bits per heavy atom. The molecule has 9 aromatic carbocycles. The summed E-state index contributed by atoms with van der Waals surface area (Å²) in [6.45, 7) is 16.4. The zero-order chi connectivity index (χ0) is 43.2. The third kappa shape index (κ3) is 6.22. The Balaban J connectivity index is 1.19. The third-order valence-corrected chi connectivity index (χ3v) is 14.3. The van der Waals surface area contributed by atoms with E-state index in [1.54, 1.807) is 0 Å². The first-order chi connectivity index (χ1) is 30.5. The minimum Gasteiger partial charge on any atom is -0.309 e. The van der Waals surface area contributed by atoms with Crippen LogP contribution >= 0.6 is 0 Å². The maximum atomic E-state index is 2.58. The number of anilines is 6. The SMILES string of the molecule is Cc1ccc(-c2ccccc2)cc1N(c1ccccc1C(C)(C)C)c1ccc2ccc3c(N4c5cc(ccc5C)C5C=CC=CC5C(C)(C)c5ccccc54)ccc4ccc1c2c43. The minimum absolute atomic E-state index is 0.0892. The second-order valence-corrected chi connectivity index (χ2v) is 19.5. The summed E-state index contributed by atoms with van der Waals surface area (Å²) >= 11 is 0. The average molecular weight is 815 g/mol. The Kier molecular flexibility index (Phi) is 9.03. The van der Waals surface area contributed by atoms with Crippen LogP contribution in [0.5, 0.6) is 0 Å². The first-order valence-corrected chi connectivity index (χ1v) is 22.6. The molecule has 11 rings (SSSR count). The van der Waals surface area contributed by atoms with E-state index in [9.17, 15) is 0 Å². The lowest BCUT2D eigenvalue weighted by molar-refractivity contribution is 0.353. The summed E-state index contributed by atoms with van der Waals surface area (Å²) in [5.41, 5.74) is 15.9. The van der Waals surface area contributed by atoms with E-state index in [2.05, 4.69) is 246 Å². The van der Waals surface area contributed by atoms with Gasteiger partial charge >= 0.3 is 0 Å². The van der Waals surface area contributed by atoms with Gasteiger partial charge in [0.2, 0.25) is 0 Å². The van der Waals surface area contributed by atoms with Crippen LogP contribution in [0, 0.1) is 19.8 Å². The van der Waals surface area contributed by atoms with Crippen LogP contribution in [0.1, 0.15) is 68.4 Å². The van der Waals surface area contributed by atoms with E-state index in [1.165, 1.54) is 105 Å². The zero-order valence-corrected chi connectivity index (χ0v) is 37.4. The highest BCUT2D eigenvalue weighted by molar-refractivity contribution is 6.28. The number of hydrogen-bond donors (Lipinski definition) is 0. The van der Waals surface area contributed by atoms with Crippen LogP contribution in [-0.2, 0) is 10.8 Å². The van der Waals surface area contributed by atoms with Gasteiger partial charge in [0.1, 0.15) is 0 Å². The Labute approximate surface area is 372 Å². The van der Waals surface area contributed by atoms with Gasteiger partial charge < -0.3 is 9.80 Å². The van der Waals surface area contributed by atoms with Crippen molar-refractivity contribution in [2.24, 2.45) is 5.92 Å². The van der Waals surface area contributed by atoms with Crippen molar-refractivity contribution in [3.05, 3.63) is 216 Å². The molecule has 2 heteroatoms. The molecule has 1 aliphatic carbocycles. The highest BCUT2D eigenvalue weighted by atomic mass is 15.2. The van der Waals surface area contributed by atoms with Gasteiger partial charge in [-0.2, -0.15) is 0 Å². The summed E-state index contributed by atoms with van der Waals surface area (Å²) in [6, 6.07) is 61.9. The van der Waals surface area contributed by atoms with Crippen LogP contribution in [0.15, 0.2) is 188 Å². The van der Waals surface area contributed by atoms with E-state index in [4.69, 9.17) is 0 Å². The standard InChI is InChI=1S/C61H54N2/c1-39-25-27-44(41-17-9-8-10-18-41)37-56(39)62(54-23-15-13-21-50(54)60(3,4)5)52-35-31-42-30-34-48-53(36-32-43-29-33-47(52)58(42)59(43)48)63-55-24-16-14-22-51(55)61(6,7)49-20-12-11-19-46(49)45-28-26-40(2)57(63)38-45/h8-38,46,49H,1-7H3. The molecule has 0 aromatic heterocycles. The molecule has 2 nitrogen and oxygen atoms in total. The fourth-order valence-corrected chi connectivity index (χ4v) is 11.0. The number of fused-ring (bicyclic) bond motifs is 5. The molecule has 2 unspecified atom stereocenters. The number of benzene rings is 9. The van der Waals surface area contributed by atoms with Crippen molar-refractivity contribution in [2.75, 3.05) is 9.80 Å². The Bertz CT molecular complexity index is 3290. The minimum atomic E-state index is -0.150. The third-order valence-electron chi connectivity index (χ3n) is 14.3. The fourth-order valence-electron chi connectivity index (χ4n) is 11.0. The van der Waals surface area contributed by atoms with Gasteiger partial charge in [0.25, 0.3) is 0 Å². The zero-order valence-electron chi connectivity index (χ0n) is 37.4. The van der Waals surface area contributed by atoms with Gasteiger partial charge in [0.15, 0.2) is 0 Å². The molecule has 308 valence electrons. The fraction of sp³-hybridized carbons (Fsp3) is 0.180. The monoisotopic (exact) mass is 814 g/mol. The lowest BCUT2D eigenvalue weighted by atomic mass is 9.65. The maximum absolute atomic E-state index is 2.58. The summed E-state index contributed by atoms with van der Waals surface area (Å²) in [6.07, 6.45) is 9.33. The Morgan fingerprint density at radius 3 is 1.98 bits per heavy atom. The molecule has 2 atom stereocenters. The van der Waals surface area contributed by atoms with Gasteiger partial charge in [0, 0.05) is 39.4 Å². The van der Waals surface area contributed by atoms with Crippen molar-refractivity contribution in [3.8, 4) is 11.1 Å². The number of rotatable bonds is 5. The molecule has 9 aromatic rings. The molecule has 1 aliphatic heterocycles. The van der Waals surface area contributed by atoms with Gasteiger partial charge in [-0.25, -0.2) is 0 Å². The number of para-hydroxylation sites is 2. The first-order valence-electron chi connectivity index (χ1n) is 22.6. The first kappa shape index (κ1) is 39.0. The van der Waals surface area contributed by atoms with Crippen LogP contribution in [0.4, 0.5) is 34.1 Å². The molecule has 0 amide bonds. The summed E-state index contributed by atoms with van der Waals surface area (Å²) < 4.78 is 0. The molecular weight excluding hydrogens is 761 g/mol. The topological polar surface area (TPSA) is 6.48 Å². The molecule has 2 aliphatic rings. The molecule has 1 heterocycles. The molecule has 0 saturated carbocycles. The van der Waals surface area contributed by atoms with Crippen molar-refractivity contribution in [1.29, 1.82) is 0 Å². The smallest absolute Gasteiger partial charge is 0.0540 e. The van der Waals surface area contributed by atoms with Gasteiger partial charge in [-0.05, 0) is 127 Å². The van der Waals surface area contributed by atoms with E-state index in [-0.39, 0.29) is 16.7 Å². The number of hydrogen-bond acceptors (Lipinski definition) is 2. The van der Waals surface area contributed by atoms with E-state index < -0.39 is 0 Å². The molecular formula is C61H54N2. The maximum Gasteiger partial charge on any atom is 0.0540 e. The van der Waals surface area contributed by atoms with E-state index in [0.717, 1.165) is 0 Å². The quantitative estimate of drug-likeness (QED) is 0.160. The van der Waals surface area contributed by atoms with Crippen molar-refractivity contribution in [1.82, 2.24) is 0 Å². The molecule has 63 heavy (non-hydrogen) atoms. The van der Waals surface area contributed by atoms with E-state index in [1.807, 2.05) is 0 Å². The second kappa shape index (κ2) is 14.6. The van der Waals surface area contributed by atoms with Crippen molar-refractivity contribution < 1.29 is 0 Å². The van der Waals surface area contributed by atoms with Crippen molar-refractivity contribution in [3.63, 3.8) is 0 Å². The van der Waals surface area contributed by atoms with Crippen molar-refractivity contribution >= 4 is 66.4 Å². The lowest BCUT2D eigenvalue weighted by Gasteiger charge is -2.40. The summed E-state index contributed by atoms with van der Waals surface area (Å²) in [5, 5.41) is 7.58. The van der Waals surface area contributed by atoms with Crippen LogP contribution in [-0.4, -0.2) is 0 Å². The summed E-state index contributed by atoms with van der Waals surface area (Å²) in [4.78, 5) is 5.13. The summed E-state index contributed by atoms with van der Waals surface area (Å²) in [7, 11) is 0. The van der Waals surface area contributed by atoms with Crippen molar-refractivity contribution in [2.45, 2.75) is 65.2 Å². The van der Waals surface area contributed by atoms with E-state index in [0.29, 0.717) is 5.92 Å². The normalized spacial score (nSPS) is 16.8. The average Bonchev–Trinajstić information content (AvgIpc) is 3.32. The highest BCUT2D eigenvalue weighted by Gasteiger charge is 2.40. The Morgan fingerprint density at radius 2 is 1.17 bits per heavy atom. The van der Waals surface area contributed by atoms with Gasteiger partial charge in [0.05, 0.1) is 11.4 Å². The molecule has 0 radical (unpaired) electrons. The summed E-state index contributed by atoms with van der Waals surface area (Å²) in [5.74, 6) is 0.586. The molecule has 0 saturated heterocycles. The molecule has 2 bridgehead atoms. The molecule has 0 N–H and O–H groups in total. The largest absolute Gasteiger partial charge is 0.309 e. The van der Waals surface area contributed by atoms with Gasteiger partial charge in [-0.1, -0.05) is 186 Å². The Hall–Kier alpha value is -6.90. The van der Waals surface area contributed by atoms with Crippen LogP contribution in [0.25, 0.3) is 43.4 Å². The lowest BCUT2D eigenvalue weighted by Crippen LogP contribution is -2.33. The highest BCUT2D eigenvalue weighted by Crippen LogP contribution is 2.54.